The average Bonchev–Trinajstić information content (AvgIpc) is 2.75. The zero-order valence-electron chi connectivity index (χ0n) is 15.7. The van der Waals surface area contributed by atoms with E-state index in [9.17, 15) is 9.59 Å². The van der Waals surface area contributed by atoms with Crippen LogP contribution in [0.4, 0.5) is 26.7 Å². The van der Waals surface area contributed by atoms with E-state index in [1.165, 1.54) is 9.80 Å². The summed E-state index contributed by atoms with van der Waals surface area (Å²) >= 11 is 0. The summed E-state index contributed by atoms with van der Waals surface area (Å²) in [5.41, 5.74) is 2.12. The van der Waals surface area contributed by atoms with Gasteiger partial charge >= 0.3 is 12.1 Å². The highest BCUT2D eigenvalue weighted by Crippen LogP contribution is 2.19. The van der Waals surface area contributed by atoms with Crippen LogP contribution in [-0.4, -0.2) is 26.2 Å². The molecule has 0 spiro atoms. The monoisotopic (exact) mass is 375 g/mol. The average molecular weight is 375 g/mol. The first-order valence-electron chi connectivity index (χ1n) is 8.75. The Hall–Kier alpha value is -3.80. The maximum atomic E-state index is 12.3. The van der Waals surface area contributed by atoms with E-state index < -0.39 is 6.09 Å². The molecule has 0 heterocycles. The van der Waals surface area contributed by atoms with Crippen LogP contribution >= 0.6 is 0 Å². The van der Waals surface area contributed by atoms with Gasteiger partial charge in [0.1, 0.15) is 5.75 Å². The van der Waals surface area contributed by atoms with Crippen LogP contribution in [0, 0.1) is 0 Å². The molecule has 0 atom stereocenters. The fourth-order valence-corrected chi connectivity index (χ4v) is 2.51. The Balaban J connectivity index is 1.59. The van der Waals surface area contributed by atoms with Gasteiger partial charge in [-0.15, -0.1) is 0 Å². The van der Waals surface area contributed by atoms with Crippen LogP contribution in [0.5, 0.6) is 5.75 Å². The second-order valence-corrected chi connectivity index (χ2v) is 6.11. The van der Waals surface area contributed by atoms with Gasteiger partial charge in [0.2, 0.25) is 0 Å². The number of benzene rings is 3. The van der Waals surface area contributed by atoms with Crippen molar-refractivity contribution in [2.45, 2.75) is 0 Å². The molecule has 1 N–H and O–H groups in total. The molecule has 0 saturated carbocycles. The standard InChI is InChI=1S/C22H21N3O3/c1-24(18-9-5-3-6-10-18)21(26)23-17-13-15-20(16-14-17)28-22(27)25(2)19-11-7-4-8-12-19/h3-16H,1-2H3,(H,23,26). The number of carbonyl (C=O) groups excluding carboxylic acids is 2. The predicted octanol–water partition coefficient (Wildman–Crippen LogP) is 4.99. The molecule has 3 aromatic rings. The summed E-state index contributed by atoms with van der Waals surface area (Å²) in [5.74, 6) is 0.391. The van der Waals surface area contributed by atoms with E-state index in [1.807, 2.05) is 60.7 Å². The lowest BCUT2D eigenvalue weighted by Gasteiger charge is -2.18. The molecule has 6 nitrogen and oxygen atoms in total. The second-order valence-electron chi connectivity index (χ2n) is 6.11. The van der Waals surface area contributed by atoms with Crippen LogP contribution in [0.3, 0.4) is 0 Å². The third kappa shape index (κ3) is 4.67. The highest BCUT2D eigenvalue weighted by Gasteiger charge is 2.14. The Morgan fingerprint density at radius 1 is 0.714 bits per heavy atom. The molecule has 0 saturated heterocycles. The summed E-state index contributed by atoms with van der Waals surface area (Å²) in [6.45, 7) is 0. The minimum Gasteiger partial charge on any atom is -0.410 e. The molecule has 0 aliphatic heterocycles. The van der Waals surface area contributed by atoms with Crippen molar-refractivity contribution in [1.29, 1.82) is 0 Å². The van der Waals surface area contributed by atoms with Crippen molar-refractivity contribution >= 4 is 29.2 Å². The number of amides is 3. The quantitative estimate of drug-likeness (QED) is 0.699. The van der Waals surface area contributed by atoms with Crippen molar-refractivity contribution in [3.05, 3.63) is 84.9 Å². The molecule has 6 heteroatoms. The van der Waals surface area contributed by atoms with E-state index in [0.717, 1.165) is 11.4 Å². The van der Waals surface area contributed by atoms with Crippen molar-refractivity contribution in [3.63, 3.8) is 0 Å². The molecule has 28 heavy (non-hydrogen) atoms. The first-order valence-corrected chi connectivity index (χ1v) is 8.75. The first kappa shape index (κ1) is 19.0. The number of nitrogens with zero attached hydrogens (tertiary/aromatic N) is 2. The van der Waals surface area contributed by atoms with Gasteiger partial charge in [-0.05, 0) is 48.5 Å². The van der Waals surface area contributed by atoms with Crippen LogP contribution in [0.2, 0.25) is 0 Å². The van der Waals surface area contributed by atoms with Crippen LogP contribution in [0.1, 0.15) is 0 Å². The molecule has 142 valence electrons. The highest BCUT2D eigenvalue weighted by atomic mass is 16.6. The summed E-state index contributed by atoms with van der Waals surface area (Å²) in [5, 5.41) is 2.81. The van der Waals surface area contributed by atoms with Crippen LogP contribution < -0.4 is 19.9 Å². The smallest absolute Gasteiger partial charge is 0.410 e. The number of hydrogen-bond donors (Lipinski definition) is 1. The van der Waals surface area contributed by atoms with Gasteiger partial charge in [0.15, 0.2) is 0 Å². The number of para-hydroxylation sites is 2. The molecule has 3 aromatic carbocycles. The summed E-state index contributed by atoms with van der Waals surface area (Å²) < 4.78 is 5.37. The normalized spacial score (nSPS) is 10.1. The van der Waals surface area contributed by atoms with E-state index in [1.54, 1.807) is 38.4 Å². The number of anilines is 3. The van der Waals surface area contributed by atoms with E-state index in [-0.39, 0.29) is 6.03 Å². The van der Waals surface area contributed by atoms with Crippen LogP contribution in [0.25, 0.3) is 0 Å². The van der Waals surface area contributed by atoms with Gasteiger partial charge in [0.25, 0.3) is 0 Å². The number of nitrogens with one attached hydrogen (secondary N) is 1. The Bertz CT molecular complexity index is 850. The third-order valence-electron chi connectivity index (χ3n) is 4.18. The summed E-state index contributed by atoms with van der Waals surface area (Å²) in [4.78, 5) is 27.5. The van der Waals surface area contributed by atoms with Gasteiger partial charge < -0.3 is 10.1 Å². The molecule has 0 bridgehead atoms. The van der Waals surface area contributed by atoms with Gasteiger partial charge in [-0.3, -0.25) is 9.80 Å². The fraction of sp³-hybridized carbons (Fsp3) is 0.0909. The topological polar surface area (TPSA) is 61.9 Å². The van der Waals surface area contributed by atoms with Crippen molar-refractivity contribution in [2.75, 3.05) is 29.2 Å². The van der Waals surface area contributed by atoms with Crippen LogP contribution in [-0.2, 0) is 0 Å². The second kappa shape index (κ2) is 8.73. The minimum absolute atomic E-state index is 0.264. The molecule has 3 rings (SSSR count). The zero-order chi connectivity index (χ0) is 19.9. The van der Waals surface area contributed by atoms with Crippen molar-refractivity contribution < 1.29 is 14.3 Å². The molecule has 0 aromatic heterocycles. The van der Waals surface area contributed by atoms with Gasteiger partial charge in [-0.2, -0.15) is 0 Å². The SMILES string of the molecule is CN(C(=O)Nc1ccc(OC(=O)N(C)c2ccccc2)cc1)c1ccccc1. The molecule has 0 radical (unpaired) electrons. The van der Waals surface area contributed by atoms with Gasteiger partial charge in [0.05, 0.1) is 0 Å². The summed E-state index contributed by atoms with van der Waals surface area (Å²) in [6.07, 6.45) is -0.494. The van der Waals surface area contributed by atoms with Crippen LogP contribution in [0.15, 0.2) is 84.9 Å². The number of carbonyl (C=O) groups is 2. The summed E-state index contributed by atoms with van der Waals surface area (Å²) in [6, 6.07) is 24.9. The minimum atomic E-state index is -0.494. The highest BCUT2D eigenvalue weighted by molar-refractivity contribution is 6.01. The molecule has 0 fully saturated rings. The molecular formula is C22H21N3O3. The summed E-state index contributed by atoms with van der Waals surface area (Å²) in [7, 11) is 3.34. The Morgan fingerprint density at radius 2 is 1.21 bits per heavy atom. The Morgan fingerprint density at radius 3 is 1.75 bits per heavy atom. The van der Waals surface area contributed by atoms with Gasteiger partial charge in [-0.25, -0.2) is 9.59 Å². The van der Waals surface area contributed by atoms with E-state index in [0.29, 0.717) is 11.4 Å². The van der Waals surface area contributed by atoms with Crippen molar-refractivity contribution in [2.24, 2.45) is 0 Å². The van der Waals surface area contributed by atoms with Gasteiger partial charge in [-0.1, -0.05) is 36.4 Å². The molecular weight excluding hydrogens is 354 g/mol. The van der Waals surface area contributed by atoms with Crippen molar-refractivity contribution in [3.8, 4) is 5.75 Å². The third-order valence-corrected chi connectivity index (χ3v) is 4.18. The predicted molar refractivity (Wildman–Crippen MR) is 111 cm³/mol. The lowest BCUT2D eigenvalue weighted by Crippen LogP contribution is -2.31. The Labute approximate surface area is 164 Å². The number of urea groups is 1. The van der Waals surface area contributed by atoms with Gasteiger partial charge in [0, 0.05) is 31.2 Å². The van der Waals surface area contributed by atoms with E-state index in [4.69, 9.17) is 4.74 Å². The largest absolute Gasteiger partial charge is 0.419 e. The molecule has 0 unspecified atom stereocenters. The van der Waals surface area contributed by atoms with E-state index in [2.05, 4.69) is 5.32 Å². The molecule has 3 amide bonds. The number of rotatable bonds is 4. The lowest BCUT2D eigenvalue weighted by molar-refractivity contribution is 0.209. The van der Waals surface area contributed by atoms with E-state index >= 15 is 0 Å². The zero-order valence-corrected chi connectivity index (χ0v) is 15.7. The molecule has 0 aliphatic rings. The fourth-order valence-electron chi connectivity index (χ4n) is 2.51. The molecule has 0 aliphatic carbocycles. The maximum absolute atomic E-state index is 12.3. The van der Waals surface area contributed by atoms with Crippen molar-refractivity contribution in [1.82, 2.24) is 0 Å². The Kier molecular flexibility index (Phi) is 5.91. The first-order chi connectivity index (χ1) is 13.5. The lowest BCUT2D eigenvalue weighted by atomic mass is 10.3. The maximum Gasteiger partial charge on any atom is 0.419 e. The number of ether oxygens (including phenoxy) is 1. The number of hydrogen-bond acceptors (Lipinski definition) is 3.